The maximum Gasteiger partial charge on any atom is 0.180 e. The first-order chi connectivity index (χ1) is 9.62. The molecule has 0 amide bonds. The normalized spacial score (nSPS) is 17.9. The van der Waals surface area contributed by atoms with Gasteiger partial charge in [-0.15, -0.1) is 0 Å². The average Bonchev–Trinajstić information content (AvgIpc) is 3.01. The third-order valence-electron chi connectivity index (χ3n) is 4.07. The highest BCUT2D eigenvalue weighted by Gasteiger charge is 2.34. The van der Waals surface area contributed by atoms with E-state index in [2.05, 4.69) is 40.4 Å². The lowest BCUT2D eigenvalue weighted by molar-refractivity contribution is 0.515. The molecule has 0 aliphatic carbocycles. The Balaban J connectivity index is 2.05. The molecular formula is C15H23N5. The highest BCUT2D eigenvalue weighted by molar-refractivity contribution is 5.68. The predicted molar refractivity (Wildman–Crippen MR) is 82.4 cm³/mol. The lowest BCUT2D eigenvalue weighted by Gasteiger charge is -2.33. The van der Waals surface area contributed by atoms with E-state index in [1.165, 1.54) is 12.8 Å². The number of imidazole rings is 1. The first-order valence-corrected chi connectivity index (χ1v) is 7.47. The molecule has 3 rings (SSSR count). The van der Waals surface area contributed by atoms with Gasteiger partial charge in [-0.05, 0) is 33.1 Å². The molecule has 0 aromatic carbocycles. The topological polar surface area (TPSA) is 45.5 Å². The number of nitrogens with zero attached hydrogens (tertiary/aromatic N) is 4. The van der Waals surface area contributed by atoms with Crippen LogP contribution in [0, 0.1) is 0 Å². The maximum absolute atomic E-state index is 4.82. The third-order valence-corrected chi connectivity index (χ3v) is 4.07. The molecule has 0 atom stereocenters. The molecule has 0 radical (unpaired) electrons. The Bertz CT molecular complexity index is 601. The van der Waals surface area contributed by atoms with E-state index in [0.717, 1.165) is 36.8 Å². The highest BCUT2D eigenvalue weighted by Crippen LogP contribution is 2.34. The zero-order chi connectivity index (χ0) is 14.2. The summed E-state index contributed by atoms with van der Waals surface area (Å²) in [6.07, 6.45) is 9.36. The molecule has 1 fully saturated rings. The van der Waals surface area contributed by atoms with E-state index in [1.807, 2.05) is 18.6 Å². The van der Waals surface area contributed by atoms with E-state index in [-0.39, 0.29) is 5.54 Å². The molecule has 2 aromatic rings. The molecule has 3 heterocycles. The molecule has 1 N–H and O–H groups in total. The smallest absolute Gasteiger partial charge is 0.180 e. The van der Waals surface area contributed by atoms with Crippen LogP contribution >= 0.6 is 0 Å². The van der Waals surface area contributed by atoms with Crippen molar-refractivity contribution >= 4 is 17.3 Å². The van der Waals surface area contributed by atoms with E-state index >= 15 is 0 Å². The van der Waals surface area contributed by atoms with E-state index in [9.17, 15) is 0 Å². The molecule has 5 nitrogen and oxygen atoms in total. The van der Waals surface area contributed by atoms with Gasteiger partial charge in [0.15, 0.2) is 11.5 Å². The van der Waals surface area contributed by atoms with E-state index in [1.54, 1.807) is 0 Å². The van der Waals surface area contributed by atoms with Gasteiger partial charge in [-0.25, -0.2) is 9.97 Å². The lowest BCUT2D eigenvalue weighted by atomic mass is 10.0. The molecule has 0 saturated carbocycles. The van der Waals surface area contributed by atoms with Gasteiger partial charge in [-0.2, -0.15) is 0 Å². The molecule has 108 valence electrons. The SMILES string of the molecule is CCCNc1cn2ccnc2c(N2CCCC2(C)C)n1. The molecular weight excluding hydrogens is 250 g/mol. The first-order valence-electron chi connectivity index (χ1n) is 7.47. The second-order valence-electron chi connectivity index (χ2n) is 6.10. The number of nitrogens with one attached hydrogen (secondary N) is 1. The van der Waals surface area contributed by atoms with Gasteiger partial charge in [0, 0.05) is 31.0 Å². The number of aromatic nitrogens is 3. The van der Waals surface area contributed by atoms with Crippen LogP contribution in [0.15, 0.2) is 18.6 Å². The van der Waals surface area contributed by atoms with Crippen molar-refractivity contribution < 1.29 is 0 Å². The van der Waals surface area contributed by atoms with Crippen LogP contribution in [-0.4, -0.2) is 33.0 Å². The number of hydrogen-bond donors (Lipinski definition) is 1. The van der Waals surface area contributed by atoms with E-state index in [4.69, 9.17) is 4.98 Å². The van der Waals surface area contributed by atoms with Crippen LogP contribution < -0.4 is 10.2 Å². The van der Waals surface area contributed by atoms with Crippen molar-refractivity contribution in [3.8, 4) is 0 Å². The van der Waals surface area contributed by atoms with Crippen LogP contribution in [0.25, 0.3) is 5.65 Å². The van der Waals surface area contributed by atoms with Crippen molar-refractivity contribution in [2.24, 2.45) is 0 Å². The molecule has 1 saturated heterocycles. The second kappa shape index (κ2) is 4.96. The van der Waals surface area contributed by atoms with Gasteiger partial charge < -0.3 is 14.6 Å². The van der Waals surface area contributed by atoms with Gasteiger partial charge in [0.25, 0.3) is 0 Å². The minimum absolute atomic E-state index is 0.156. The number of hydrogen-bond acceptors (Lipinski definition) is 4. The molecule has 1 aliphatic heterocycles. The van der Waals surface area contributed by atoms with Gasteiger partial charge in [0.1, 0.15) is 5.82 Å². The summed E-state index contributed by atoms with van der Waals surface area (Å²) in [5.74, 6) is 1.92. The van der Waals surface area contributed by atoms with Crippen molar-refractivity contribution in [3.05, 3.63) is 18.6 Å². The summed E-state index contributed by atoms with van der Waals surface area (Å²) < 4.78 is 2.06. The second-order valence-corrected chi connectivity index (χ2v) is 6.10. The summed E-state index contributed by atoms with van der Waals surface area (Å²) in [7, 11) is 0. The Morgan fingerprint density at radius 1 is 1.40 bits per heavy atom. The van der Waals surface area contributed by atoms with Crippen molar-refractivity contribution in [1.82, 2.24) is 14.4 Å². The Morgan fingerprint density at radius 2 is 2.25 bits per heavy atom. The summed E-state index contributed by atoms with van der Waals surface area (Å²) in [6, 6.07) is 0. The lowest BCUT2D eigenvalue weighted by Crippen LogP contribution is -2.39. The fraction of sp³-hybridized carbons (Fsp3) is 0.600. The number of fused-ring (bicyclic) bond motifs is 1. The Hall–Kier alpha value is -1.78. The molecule has 1 aliphatic rings. The number of rotatable bonds is 4. The molecule has 2 aromatic heterocycles. The predicted octanol–water partition coefficient (Wildman–Crippen LogP) is 2.93. The summed E-state index contributed by atoms with van der Waals surface area (Å²) in [5.41, 5.74) is 1.10. The summed E-state index contributed by atoms with van der Waals surface area (Å²) in [6.45, 7) is 8.73. The van der Waals surface area contributed by atoms with Crippen LogP contribution in [-0.2, 0) is 0 Å². The largest absolute Gasteiger partial charge is 0.369 e. The summed E-state index contributed by atoms with van der Waals surface area (Å²) in [4.78, 5) is 11.7. The highest BCUT2D eigenvalue weighted by atomic mass is 15.3. The van der Waals surface area contributed by atoms with Gasteiger partial charge in [0.2, 0.25) is 0 Å². The Labute approximate surface area is 120 Å². The Kier molecular flexibility index (Phi) is 3.28. The minimum Gasteiger partial charge on any atom is -0.369 e. The fourth-order valence-electron chi connectivity index (χ4n) is 2.93. The average molecular weight is 273 g/mol. The summed E-state index contributed by atoms with van der Waals surface area (Å²) >= 11 is 0. The fourth-order valence-corrected chi connectivity index (χ4v) is 2.93. The van der Waals surface area contributed by atoms with Gasteiger partial charge >= 0.3 is 0 Å². The van der Waals surface area contributed by atoms with E-state index in [0.29, 0.717) is 0 Å². The van der Waals surface area contributed by atoms with Crippen molar-refractivity contribution in [2.75, 3.05) is 23.3 Å². The standard InChI is InChI=1S/C15H23N5/c1-4-7-16-12-11-19-10-8-17-13(19)14(18-12)20-9-5-6-15(20,2)3/h8,10-11,16H,4-7,9H2,1-3H3. The maximum atomic E-state index is 4.82. The summed E-state index contributed by atoms with van der Waals surface area (Å²) in [5, 5.41) is 3.38. The van der Waals surface area contributed by atoms with Crippen LogP contribution in [0.5, 0.6) is 0 Å². The number of anilines is 2. The zero-order valence-corrected chi connectivity index (χ0v) is 12.6. The van der Waals surface area contributed by atoms with Gasteiger partial charge in [0.05, 0.1) is 6.20 Å². The van der Waals surface area contributed by atoms with Gasteiger partial charge in [-0.3, -0.25) is 0 Å². The van der Waals surface area contributed by atoms with E-state index < -0.39 is 0 Å². The quantitative estimate of drug-likeness (QED) is 0.930. The molecule has 0 spiro atoms. The first kappa shape index (κ1) is 13.2. The Morgan fingerprint density at radius 3 is 2.95 bits per heavy atom. The third kappa shape index (κ3) is 2.21. The van der Waals surface area contributed by atoms with Crippen molar-refractivity contribution in [3.63, 3.8) is 0 Å². The minimum atomic E-state index is 0.156. The molecule has 20 heavy (non-hydrogen) atoms. The molecule has 0 unspecified atom stereocenters. The zero-order valence-electron chi connectivity index (χ0n) is 12.6. The van der Waals surface area contributed by atoms with Crippen LogP contribution in [0.2, 0.25) is 0 Å². The van der Waals surface area contributed by atoms with Crippen LogP contribution in [0.4, 0.5) is 11.6 Å². The van der Waals surface area contributed by atoms with Gasteiger partial charge in [-0.1, -0.05) is 6.92 Å². The van der Waals surface area contributed by atoms with Crippen LogP contribution in [0.1, 0.15) is 40.0 Å². The molecule has 5 heteroatoms. The van der Waals surface area contributed by atoms with Crippen molar-refractivity contribution in [1.29, 1.82) is 0 Å². The molecule has 0 bridgehead atoms. The monoisotopic (exact) mass is 273 g/mol. The van der Waals surface area contributed by atoms with Crippen LogP contribution in [0.3, 0.4) is 0 Å². The van der Waals surface area contributed by atoms with Crippen molar-refractivity contribution in [2.45, 2.75) is 45.6 Å².